The van der Waals surface area contributed by atoms with E-state index < -0.39 is 20.6 Å². The van der Waals surface area contributed by atoms with Crippen LogP contribution in [0.2, 0.25) is 0 Å². The quantitative estimate of drug-likeness (QED) is 0.510. The third-order valence-corrected chi connectivity index (χ3v) is 4.25. The van der Waals surface area contributed by atoms with Crippen LogP contribution in [-0.4, -0.2) is 19.4 Å². The van der Waals surface area contributed by atoms with Crippen LogP contribution >= 0.6 is 0 Å². The molecule has 0 radical (unpaired) electrons. The molecule has 0 saturated carbocycles. The van der Waals surface area contributed by atoms with Crippen molar-refractivity contribution in [2.45, 2.75) is 23.8 Å². The predicted octanol–water partition coefficient (Wildman–Crippen LogP) is 1.59. The summed E-state index contributed by atoms with van der Waals surface area (Å²) in [6.45, 7) is 0. The lowest BCUT2D eigenvalue weighted by molar-refractivity contribution is -0.387. The first kappa shape index (κ1) is 12.7. The highest BCUT2D eigenvalue weighted by molar-refractivity contribution is 7.89. The monoisotopic (exact) mass is 268 g/mol. The summed E-state index contributed by atoms with van der Waals surface area (Å²) in [5.74, 6) is 0. The molecule has 1 N–H and O–H groups in total. The van der Waals surface area contributed by atoms with Gasteiger partial charge in [-0.3, -0.25) is 10.1 Å². The lowest BCUT2D eigenvalue weighted by atomic mass is 10.3. The maximum Gasteiger partial charge on any atom is 0.289 e. The molecule has 1 aliphatic carbocycles. The molecule has 18 heavy (non-hydrogen) atoms. The zero-order chi connectivity index (χ0) is 13.2. The Morgan fingerprint density at radius 3 is 2.44 bits per heavy atom. The van der Waals surface area contributed by atoms with E-state index in [1.807, 2.05) is 12.2 Å². The van der Waals surface area contributed by atoms with E-state index in [0.717, 1.165) is 0 Å². The van der Waals surface area contributed by atoms with Crippen LogP contribution < -0.4 is 4.72 Å². The van der Waals surface area contributed by atoms with E-state index >= 15 is 0 Å². The van der Waals surface area contributed by atoms with Gasteiger partial charge in [-0.2, -0.15) is 0 Å². The molecule has 0 spiro atoms. The molecule has 6 nitrogen and oxygen atoms in total. The summed E-state index contributed by atoms with van der Waals surface area (Å²) in [4.78, 5) is 9.82. The van der Waals surface area contributed by atoms with Crippen LogP contribution in [0.1, 0.15) is 12.8 Å². The molecule has 0 bridgehead atoms. The molecule has 0 heterocycles. The molecule has 0 aromatic heterocycles. The van der Waals surface area contributed by atoms with Crippen LogP contribution in [-0.2, 0) is 10.0 Å². The minimum atomic E-state index is -3.85. The number of rotatable bonds is 4. The molecule has 1 aromatic rings. The lowest BCUT2D eigenvalue weighted by Gasteiger charge is -2.12. The Hall–Kier alpha value is -1.73. The highest BCUT2D eigenvalue weighted by Crippen LogP contribution is 2.24. The van der Waals surface area contributed by atoms with E-state index in [1.165, 1.54) is 24.3 Å². The van der Waals surface area contributed by atoms with Crippen molar-refractivity contribution in [3.63, 3.8) is 0 Å². The Balaban J connectivity index is 2.32. The SMILES string of the molecule is O=[N+]([O-])c1ccccc1S(=O)(=O)NC1CC=CC1. The molecular weight excluding hydrogens is 256 g/mol. The molecule has 1 aromatic carbocycles. The van der Waals surface area contributed by atoms with Crippen LogP contribution in [0, 0.1) is 10.1 Å². The van der Waals surface area contributed by atoms with Crippen LogP contribution in [0.4, 0.5) is 5.69 Å². The molecule has 7 heteroatoms. The van der Waals surface area contributed by atoms with Gasteiger partial charge in [-0.25, -0.2) is 13.1 Å². The van der Waals surface area contributed by atoms with Gasteiger partial charge in [-0.1, -0.05) is 24.3 Å². The number of nitro groups is 1. The normalized spacial score (nSPS) is 16.0. The van der Waals surface area contributed by atoms with Gasteiger partial charge in [0.25, 0.3) is 5.69 Å². The average Bonchev–Trinajstić information content (AvgIpc) is 2.81. The number of nitrogens with one attached hydrogen (secondary N) is 1. The van der Waals surface area contributed by atoms with E-state index in [4.69, 9.17) is 0 Å². The number of nitro benzene ring substituents is 1. The summed E-state index contributed by atoms with van der Waals surface area (Å²) in [5.41, 5.74) is -0.407. The Morgan fingerprint density at radius 1 is 1.22 bits per heavy atom. The van der Waals surface area contributed by atoms with Crippen molar-refractivity contribution in [2.75, 3.05) is 0 Å². The fourth-order valence-corrected chi connectivity index (χ4v) is 3.27. The first-order valence-electron chi connectivity index (χ1n) is 5.41. The first-order valence-corrected chi connectivity index (χ1v) is 6.90. The maximum atomic E-state index is 12.1. The van der Waals surface area contributed by atoms with Gasteiger partial charge in [0.2, 0.25) is 10.0 Å². The number of nitrogens with zero attached hydrogens (tertiary/aromatic N) is 1. The van der Waals surface area contributed by atoms with Crippen LogP contribution in [0.3, 0.4) is 0 Å². The zero-order valence-corrected chi connectivity index (χ0v) is 10.3. The molecule has 0 unspecified atom stereocenters. The van der Waals surface area contributed by atoms with Crippen molar-refractivity contribution in [1.82, 2.24) is 4.72 Å². The van der Waals surface area contributed by atoms with Gasteiger partial charge in [-0.05, 0) is 18.9 Å². The fourth-order valence-electron chi connectivity index (χ4n) is 1.83. The Labute approximate surface area is 105 Å². The zero-order valence-electron chi connectivity index (χ0n) is 9.44. The smallest absolute Gasteiger partial charge is 0.258 e. The van der Waals surface area contributed by atoms with E-state index in [9.17, 15) is 18.5 Å². The summed E-state index contributed by atoms with van der Waals surface area (Å²) >= 11 is 0. The van der Waals surface area contributed by atoms with Gasteiger partial charge >= 0.3 is 0 Å². The number of para-hydroxylation sites is 1. The van der Waals surface area contributed by atoms with Crippen molar-refractivity contribution < 1.29 is 13.3 Å². The van der Waals surface area contributed by atoms with Gasteiger partial charge in [-0.15, -0.1) is 0 Å². The van der Waals surface area contributed by atoms with E-state index in [2.05, 4.69) is 4.72 Å². The summed E-state index contributed by atoms with van der Waals surface area (Å²) in [6, 6.07) is 5.11. The highest BCUT2D eigenvalue weighted by atomic mass is 32.2. The minimum absolute atomic E-state index is 0.213. The number of sulfonamides is 1. The molecule has 96 valence electrons. The fraction of sp³-hybridized carbons (Fsp3) is 0.273. The van der Waals surface area contributed by atoms with E-state index in [1.54, 1.807) is 0 Å². The standard InChI is InChI=1S/C11H12N2O4S/c14-13(15)10-7-3-4-8-11(10)18(16,17)12-9-5-1-2-6-9/h1-4,7-9,12H,5-6H2. The molecule has 0 amide bonds. The molecule has 1 aliphatic rings. The Kier molecular flexibility index (Phi) is 3.44. The summed E-state index contributed by atoms with van der Waals surface area (Å²) in [7, 11) is -3.85. The second-order valence-corrected chi connectivity index (χ2v) is 5.67. The van der Waals surface area contributed by atoms with Crippen LogP contribution in [0.5, 0.6) is 0 Å². The topological polar surface area (TPSA) is 89.3 Å². The number of hydrogen-bond donors (Lipinski definition) is 1. The van der Waals surface area contributed by atoms with Crippen LogP contribution in [0.15, 0.2) is 41.3 Å². The summed E-state index contributed by atoms with van der Waals surface area (Å²) in [5, 5.41) is 10.8. The largest absolute Gasteiger partial charge is 0.289 e. The van der Waals surface area contributed by atoms with Crippen molar-refractivity contribution in [2.24, 2.45) is 0 Å². The first-order chi connectivity index (χ1) is 8.50. The second kappa shape index (κ2) is 4.87. The molecule has 0 atom stereocenters. The molecule has 0 aliphatic heterocycles. The van der Waals surface area contributed by atoms with Gasteiger partial charge < -0.3 is 0 Å². The van der Waals surface area contributed by atoms with Crippen molar-refractivity contribution in [3.05, 3.63) is 46.5 Å². The Bertz CT molecular complexity index is 587. The van der Waals surface area contributed by atoms with Gasteiger partial charge in [0.15, 0.2) is 4.90 Å². The van der Waals surface area contributed by atoms with Crippen molar-refractivity contribution >= 4 is 15.7 Å². The Morgan fingerprint density at radius 2 is 1.83 bits per heavy atom. The van der Waals surface area contributed by atoms with E-state index in [0.29, 0.717) is 12.8 Å². The highest BCUT2D eigenvalue weighted by Gasteiger charge is 2.27. The van der Waals surface area contributed by atoms with Gasteiger partial charge in [0.1, 0.15) is 0 Å². The van der Waals surface area contributed by atoms with Crippen molar-refractivity contribution in [3.8, 4) is 0 Å². The molecule has 0 fully saturated rings. The third-order valence-electron chi connectivity index (χ3n) is 2.68. The van der Waals surface area contributed by atoms with E-state index in [-0.39, 0.29) is 10.9 Å². The molecule has 0 saturated heterocycles. The summed E-state index contributed by atoms with van der Waals surface area (Å²) in [6.07, 6.45) is 4.99. The predicted molar refractivity (Wildman–Crippen MR) is 65.6 cm³/mol. The maximum absolute atomic E-state index is 12.1. The van der Waals surface area contributed by atoms with Crippen molar-refractivity contribution in [1.29, 1.82) is 0 Å². The summed E-state index contributed by atoms with van der Waals surface area (Å²) < 4.78 is 26.6. The molecular formula is C11H12N2O4S. The van der Waals surface area contributed by atoms with Gasteiger partial charge in [0, 0.05) is 12.1 Å². The minimum Gasteiger partial charge on any atom is -0.258 e. The number of hydrogen-bond acceptors (Lipinski definition) is 4. The number of benzene rings is 1. The van der Waals surface area contributed by atoms with Gasteiger partial charge in [0.05, 0.1) is 4.92 Å². The average molecular weight is 268 g/mol. The lowest BCUT2D eigenvalue weighted by Crippen LogP contribution is -2.33. The third kappa shape index (κ3) is 2.57. The second-order valence-electron chi connectivity index (χ2n) is 3.99. The van der Waals surface area contributed by atoms with Crippen LogP contribution in [0.25, 0.3) is 0 Å². The molecule has 2 rings (SSSR count).